The van der Waals surface area contributed by atoms with Gasteiger partial charge in [-0.25, -0.2) is 4.68 Å². The summed E-state index contributed by atoms with van der Waals surface area (Å²) in [6, 6.07) is 0.113. The van der Waals surface area contributed by atoms with Crippen LogP contribution in [0.4, 0.5) is 0 Å². The smallest absolute Gasteiger partial charge is 0.226 e. The van der Waals surface area contributed by atoms with Gasteiger partial charge in [0.1, 0.15) is 0 Å². The molecule has 5 nitrogen and oxygen atoms in total. The highest BCUT2D eigenvalue weighted by Crippen LogP contribution is 2.40. The summed E-state index contributed by atoms with van der Waals surface area (Å²) in [7, 11) is 3.56. The number of carbonyl (C=O) groups is 1. The van der Waals surface area contributed by atoms with Crippen LogP contribution in [0.3, 0.4) is 0 Å². The second-order valence-electron chi connectivity index (χ2n) is 6.30. The van der Waals surface area contributed by atoms with E-state index in [9.17, 15) is 4.79 Å². The van der Waals surface area contributed by atoms with Crippen LogP contribution in [0.1, 0.15) is 49.4 Å². The van der Waals surface area contributed by atoms with E-state index >= 15 is 0 Å². The van der Waals surface area contributed by atoms with Crippen molar-refractivity contribution in [3.05, 3.63) is 23.4 Å². The van der Waals surface area contributed by atoms with E-state index in [1.165, 1.54) is 0 Å². The number of aromatic nitrogens is 2. The highest BCUT2D eigenvalue weighted by atomic mass is 16.5. The summed E-state index contributed by atoms with van der Waals surface area (Å²) in [5.74, 6) is 1.23. The minimum atomic E-state index is 0.113. The van der Waals surface area contributed by atoms with Gasteiger partial charge in [0, 0.05) is 19.5 Å². The zero-order valence-corrected chi connectivity index (χ0v) is 13.7. The molecule has 1 saturated heterocycles. The molecule has 5 heteroatoms. The van der Waals surface area contributed by atoms with Gasteiger partial charge in [-0.3, -0.25) is 4.79 Å². The lowest BCUT2D eigenvalue weighted by Gasteiger charge is -2.29. The largest absolute Gasteiger partial charge is 0.481 e. The van der Waals surface area contributed by atoms with Gasteiger partial charge in [0.25, 0.3) is 0 Å². The SMILES string of the molecule is COc1c([C@@H]2CCCN2C(=O)[C@@H]2CC=CCC2)c(C)nn1C. The molecule has 0 unspecified atom stereocenters. The first-order chi connectivity index (χ1) is 10.6. The van der Waals surface area contributed by atoms with Crippen molar-refractivity contribution >= 4 is 5.91 Å². The van der Waals surface area contributed by atoms with Gasteiger partial charge in [-0.1, -0.05) is 12.2 Å². The zero-order chi connectivity index (χ0) is 15.7. The Balaban J connectivity index is 1.87. The van der Waals surface area contributed by atoms with Crippen LogP contribution in [0, 0.1) is 12.8 Å². The Morgan fingerprint density at radius 3 is 2.86 bits per heavy atom. The number of methoxy groups -OCH3 is 1. The van der Waals surface area contributed by atoms with Gasteiger partial charge in [-0.2, -0.15) is 5.10 Å². The predicted octanol–water partition coefficient (Wildman–Crippen LogP) is 2.76. The maximum absolute atomic E-state index is 12.9. The van der Waals surface area contributed by atoms with Crippen LogP contribution < -0.4 is 4.74 Å². The lowest BCUT2D eigenvalue weighted by Crippen LogP contribution is -2.36. The Kier molecular flexibility index (Phi) is 4.23. The number of carbonyl (C=O) groups excluding carboxylic acids is 1. The summed E-state index contributed by atoms with van der Waals surface area (Å²) in [5, 5.41) is 4.48. The Bertz CT molecular complexity index is 591. The minimum Gasteiger partial charge on any atom is -0.481 e. The van der Waals surface area contributed by atoms with Crippen LogP contribution in [0.25, 0.3) is 0 Å². The number of amides is 1. The number of ether oxygens (including phenoxy) is 1. The quantitative estimate of drug-likeness (QED) is 0.807. The molecule has 0 aromatic carbocycles. The number of hydrogen-bond donors (Lipinski definition) is 0. The normalized spacial score (nSPS) is 24.8. The number of likely N-dealkylation sites (tertiary alicyclic amines) is 1. The predicted molar refractivity (Wildman–Crippen MR) is 84.7 cm³/mol. The molecular formula is C17H25N3O2. The monoisotopic (exact) mass is 303 g/mol. The third-order valence-corrected chi connectivity index (χ3v) is 4.89. The van der Waals surface area contributed by atoms with Crippen molar-refractivity contribution in [2.75, 3.05) is 13.7 Å². The van der Waals surface area contributed by atoms with Crippen molar-refractivity contribution in [3.8, 4) is 5.88 Å². The molecule has 0 radical (unpaired) electrons. The standard InChI is InChI=1S/C17H25N3O2/c1-12-15(17(22-3)19(2)18-12)14-10-7-11-20(14)16(21)13-8-5-4-6-9-13/h4-5,13-14H,6-11H2,1-3H3/t13-,14+/m1/s1. The molecule has 2 aliphatic rings. The summed E-state index contributed by atoms with van der Waals surface area (Å²) in [5.41, 5.74) is 2.05. The van der Waals surface area contributed by atoms with E-state index in [0.717, 1.165) is 55.8 Å². The maximum atomic E-state index is 12.9. The molecule has 1 aromatic heterocycles. The fourth-order valence-electron chi connectivity index (χ4n) is 3.86. The maximum Gasteiger partial charge on any atom is 0.226 e. The van der Waals surface area contributed by atoms with Gasteiger partial charge in [0.2, 0.25) is 11.8 Å². The van der Waals surface area contributed by atoms with Crippen molar-refractivity contribution < 1.29 is 9.53 Å². The topological polar surface area (TPSA) is 47.4 Å². The van der Waals surface area contributed by atoms with E-state index in [0.29, 0.717) is 5.91 Å². The lowest BCUT2D eigenvalue weighted by atomic mass is 9.92. The first-order valence-corrected chi connectivity index (χ1v) is 8.16. The third-order valence-electron chi connectivity index (χ3n) is 4.89. The molecule has 2 heterocycles. The van der Waals surface area contributed by atoms with Crippen molar-refractivity contribution in [2.45, 2.75) is 45.1 Å². The van der Waals surface area contributed by atoms with E-state index in [1.54, 1.807) is 11.8 Å². The molecule has 0 N–H and O–H groups in total. The zero-order valence-electron chi connectivity index (χ0n) is 13.7. The molecule has 0 spiro atoms. The number of allylic oxidation sites excluding steroid dienone is 2. The second-order valence-corrected chi connectivity index (χ2v) is 6.30. The Labute approximate surface area is 131 Å². The van der Waals surface area contributed by atoms with Gasteiger partial charge in [-0.15, -0.1) is 0 Å². The number of rotatable bonds is 3. The molecule has 1 fully saturated rings. The fraction of sp³-hybridized carbons (Fsp3) is 0.647. The van der Waals surface area contributed by atoms with Crippen molar-refractivity contribution in [1.29, 1.82) is 0 Å². The van der Waals surface area contributed by atoms with E-state index < -0.39 is 0 Å². The van der Waals surface area contributed by atoms with Crippen molar-refractivity contribution in [1.82, 2.24) is 14.7 Å². The average Bonchev–Trinajstić information content (AvgIpc) is 3.10. The van der Waals surface area contributed by atoms with Gasteiger partial charge in [0.05, 0.1) is 24.4 Å². The highest BCUT2D eigenvalue weighted by molar-refractivity contribution is 5.80. The molecule has 22 heavy (non-hydrogen) atoms. The van der Waals surface area contributed by atoms with Gasteiger partial charge in [0.15, 0.2) is 0 Å². The van der Waals surface area contributed by atoms with Crippen LogP contribution in [-0.4, -0.2) is 34.2 Å². The molecule has 3 rings (SSSR count). The van der Waals surface area contributed by atoms with Gasteiger partial charge >= 0.3 is 0 Å². The molecule has 0 saturated carbocycles. The van der Waals surface area contributed by atoms with Crippen LogP contribution in [0.15, 0.2) is 12.2 Å². The molecular weight excluding hydrogens is 278 g/mol. The second kappa shape index (κ2) is 6.15. The number of hydrogen-bond acceptors (Lipinski definition) is 3. The highest BCUT2D eigenvalue weighted by Gasteiger charge is 2.37. The minimum absolute atomic E-state index is 0.113. The fourth-order valence-corrected chi connectivity index (χ4v) is 3.86. The average molecular weight is 303 g/mol. The first kappa shape index (κ1) is 15.1. The molecule has 2 atom stereocenters. The lowest BCUT2D eigenvalue weighted by molar-refractivity contribution is -0.136. The summed E-state index contributed by atoms with van der Waals surface area (Å²) in [6.45, 7) is 2.85. The Morgan fingerprint density at radius 2 is 2.18 bits per heavy atom. The van der Waals surface area contributed by atoms with Crippen molar-refractivity contribution in [3.63, 3.8) is 0 Å². The van der Waals surface area contributed by atoms with Crippen LogP contribution >= 0.6 is 0 Å². The van der Waals surface area contributed by atoms with Crippen LogP contribution in [-0.2, 0) is 11.8 Å². The third kappa shape index (κ3) is 2.53. The van der Waals surface area contributed by atoms with Gasteiger partial charge in [-0.05, 0) is 39.0 Å². The van der Waals surface area contributed by atoms with E-state index in [4.69, 9.17) is 4.74 Å². The van der Waals surface area contributed by atoms with Gasteiger partial charge < -0.3 is 9.64 Å². The Morgan fingerprint density at radius 1 is 1.36 bits per heavy atom. The molecule has 0 bridgehead atoms. The first-order valence-electron chi connectivity index (χ1n) is 8.16. The summed E-state index contributed by atoms with van der Waals surface area (Å²) < 4.78 is 7.31. The molecule has 1 aliphatic heterocycles. The van der Waals surface area contributed by atoms with E-state index in [2.05, 4.69) is 22.2 Å². The molecule has 1 aliphatic carbocycles. The summed E-state index contributed by atoms with van der Waals surface area (Å²) >= 11 is 0. The Hall–Kier alpha value is -1.78. The summed E-state index contributed by atoms with van der Waals surface area (Å²) in [6.07, 6.45) is 9.25. The van der Waals surface area contributed by atoms with E-state index in [-0.39, 0.29) is 12.0 Å². The number of aryl methyl sites for hydroxylation is 2. The van der Waals surface area contributed by atoms with E-state index in [1.807, 2.05) is 14.0 Å². The van der Waals surface area contributed by atoms with Crippen LogP contribution in [0.2, 0.25) is 0 Å². The van der Waals surface area contributed by atoms with Crippen LogP contribution in [0.5, 0.6) is 5.88 Å². The van der Waals surface area contributed by atoms with Crippen molar-refractivity contribution in [2.24, 2.45) is 13.0 Å². The molecule has 1 amide bonds. The molecule has 120 valence electrons. The molecule has 1 aromatic rings. The summed E-state index contributed by atoms with van der Waals surface area (Å²) in [4.78, 5) is 15.0. The number of nitrogens with zero attached hydrogens (tertiary/aromatic N) is 3.